The largest absolute Gasteiger partial charge is 0.494 e. The molecular formula is C15H19N3O2. The Labute approximate surface area is 118 Å². The first-order chi connectivity index (χ1) is 9.56. The van der Waals surface area contributed by atoms with E-state index in [4.69, 9.17) is 10.5 Å². The number of aliphatic hydroxyl groups excluding tert-OH is 1. The number of fused-ring (bicyclic) bond motifs is 1. The summed E-state index contributed by atoms with van der Waals surface area (Å²) in [5, 5.41) is 10.5. The van der Waals surface area contributed by atoms with Crippen LogP contribution in [0.4, 0.5) is 11.4 Å². The minimum absolute atomic E-state index is 0.0775. The molecule has 0 amide bonds. The first-order valence-electron chi connectivity index (χ1n) is 6.45. The number of benzene rings is 1. The van der Waals surface area contributed by atoms with Crippen LogP contribution in [0.3, 0.4) is 0 Å². The van der Waals surface area contributed by atoms with Crippen LogP contribution in [0.2, 0.25) is 0 Å². The smallest absolute Gasteiger partial charge is 0.197 e. The lowest BCUT2D eigenvalue weighted by molar-refractivity contribution is 0.167. The van der Waals surface area contributed by atoms with Gasteiger partial charge in [-0.25, -0.2) is 4.99 Å². The number of ether oxygens (including phenoxy) is 1. The highest BCUT2D eigenvalue weighted by molar-refractivity contribution is 6.06. The molecule has 3 N–H and O–H groups in total. The molecule has 0 saturated carbocycles. The van der Waals surface area contributed by atoms with Crippen LogP contribution in [0.5, 0.6) is 0 Å². The molecule has 0 aromatic heterocycles. The number of aliphatic imine (C=N–C) groups is 1. The van der Waals surface area contributed by atoms with Crippen molar-refractivity contribution in [3.63, 3.8) is 0 Å². The number of amidine groups is 1. The number of nitrogens with zero attached hydrogens (tertiary/aromatic N) is 2. The van der Waals surface area contributed by atoms with Gasteiger partial charge in [0.15, 0.2) is 5.88 Å². The zero-order valence-electron chi connectivity index (χ0n) is 11.8. The molecule has 0 saturated heterocycles. The van der Waals surface area contributed by atoms with Gasteiger partial charge in [-0.05, 0) is 26.0 Å². The molecule has 5 nitrogen and oxygen atoms in total. The molecule has 1 aliphatic rings. The molecular weight excluding hydrogens is 254 g/mol. The molecule has 1 aromatic carbocycles. The Hall–Kier alpha value is -2.27. The minimum Gasteiger partial charge on any atom is -0.494 e. The van der Waals surface area contributed by atoms with E-state index in [-0.39, 0.29) is 5.88 Å². The molecule has 1 aliphatic heterocycles. The van der Waals surface area contributed by atoms with E-state index >= 15 is 0 Å². The predicted molar refractivity (Wildman–Crippen MR) is 81.2 cm³/mol. The van der Waals surface area contributed by atoms with Crippen LogP contribution in [0, 0.1) is 0 Å². The van der Waals surface area contributed by atoms with Gasteiger partial charge in [-0.1, -0.05) is 18.7 Å². The average Bonchev–Trinajstić information content (AvgIpc) is 2.45. The van der Waals surface area contributed by atoms with Gasteiger partial charge in [-0.15, -0.1) is 0 Å². The standard InChI is InChI=1S/C15H19N3O2/c1-4-20-9-10(2)15(19)18-11(3)14(16)17-12-7-5-6-8-13(12)18/h5-8,19H,3-4,9H2,1-2H3,(H2,16,17)/b15-10-. The van der Waals surface area contributed by atoms with Gasteiger partial charge in [0.25, 0.3) is 0 Å². The summed E-state index contributed by atoms with van der Waals surface area (Å²) in [5.41, 5.74) is 8.48. The second-order valence-corrected chi connectivity index (χ2v) is 4.51. The van der Waals surface area contributed by atoms with E-state index in [2.05, 4.69) is 11.6 Å². The van der Waals surface area contributed by atoms with Crippen molar-refractivity contribution >= 4 is 17.2 Å². The van der Waals surface area contributed by atoms with E-state index in [1.54, 1.807) is 4.90 Å². The summed E-state index contributed by atoms with van der Waals surface area (Å²) in [6, 6.07) is 7.45. The van der Waals surface area contributed by atoms with Gasteiger partial charge in [0.1, 0.15) is 5.84 Å². The van der Waals surface area contributed by atoms with Crippen molar-refractivity contribution in [2.75, 3.05) is 18.1 Å². The third-order valence-electron chi connectivity index (χ3n) is 3.05. The molecule has 0 bridgehead atoms. The Balaban J connectivity index is 2.45. The maximum Gasteiger partial charge on any atom is 0.197 e. The first kappa shape index (κ1) is 14.1. The lowest BCUT2D eigenvalue weighted by Crippen LogP contribution is -2.33. The molecule has 20 heavy (non-hydrogen) atoms. The van der Waals surface area contributed by atoms with E-state index in [1.807, 2.05) is 38.1 Å². The fraction of sp³-hybridized carbons (Fsp3) is 0.267. The van der Waals surface area contributed by atoms with Crippen LogP contribution in [0.1, 0.15) is 13.8 Å². The number of hydrogen-bond acceptors (Lipinski definition) is 5. The summed E-state index contributed by atoms with van der Waals surface area (Å²) in [4.78, 5) is 5.87. The van der Waals surface area contributed by atoms with Gasteiger partial charge in [-0.2, -0.15) is 0 Å². The molecule has 0 unspecified atom stereocenters. The van der Waals surface area contributed by atoms with Gasteiger partial charge < -0.3 is 15.6 Å². The third kappa shape index (κ3) is 2.53. The van der Waals surface area contributed by atoms with E-state index in [0.29, 0.717) is 36.0 Å². The Morgan fingerprint density at radius 3 is 2.85 bits per heavy atom. The van der Waals surface area contributed by atoms with Gasteiger partial charge in [0, 0.05) is 12.2 Å². The van der Waals surface area contributed by atoms with Crippen LogP contribution in [0.15, 0.2) is 53.0 Å². The lowest BCUT2D eigenvalue weighted by Gasteiger charge is -2.30. The average molecular weight is 273 g/mol. The van der Waals surface area contributed by atoms with Crippen molar-refractivity contribution < 1.29 is 9.84 Å². The SMILES string of the molecule is C=C1C(N)=Nc2ccccc2N1/C(O)=C(\C)COCC. The minimum atomic E-state index is 0.0775. The summed E-state index contributed by atoms with van der Waals surface area (Å²) >= 11 is 0. The highest BCUT2D eigenvalue weighted by atomic mass is 16.5. The molecule has 0 fully saturated rings. The zero-order chi connectivity index (χ0) is 14.7. The maximum absolute atomic E-state index is 10.5. The Bertz CT molecular complexity index is 591. The Kier molecular flexibility index (Phi) is 4.10. The van der Waals surface area contributed by atoms with Gasteiger partial charge in [0.05, 0.1) is 23.7 Å². The van der Waals surface area contributed by atoms with Crippen molar-refractivity contribution in [3.8, 4) is 0 Å². The monoisotopic (exact) mass is 273 g/mol. The fourth-order valence-corrected chi connectivity index (χ4v) is 1.95. The second kappa shape index (κ2) is 5.79. The molecule has 0 aliphatic carbocycles. The molecule has 2 rings (SSSR count). The van der Waals surface area contributed by atoms with E-state index < -0.39 is 0 Å². The van der Waals surface area contributed by atoms with E-state index in [0.717, 1.165) is 5.69 Å². The lowest BCUT2D eigenvalue weighted by atomic mass is 10.1. The fourth-order valence-electron chi connectivity index (χ4n) is 1.95. The molecule has 0 spiro atoms. The number of rotatable bonds is 4. The number of para-hydroxylation sites is 2. The summed E-state index contributed by atoms with van der Waals surface area (Å²) in [6.07, 6.45) is 0. The molecule has 1 heterocycles. The van der Waals surface area contributed by atoms with Crippen LogP contribution in [0.25, 0.3) is 0 Å². The number of aliphatic hydroxyl groups is 1. The zero-order valence-corrected chi connectivity index (χ0v) is 11.8. The van der Waals surface area contributed by atoms with Crippen LogP contribution in [-0.4, -0.2) is 24.2 Å². The summed E-state index contributed by atoms with van der Waals surface area (Å²) in [5.74, 6) is 0.369. The molecule has 0 radical (unpaired) electrons. The topological polar surface area (TPSA) is 71.1 Å². The second-order valence-electron chi connectivity index (χ2n) is 4.51. The molecule has 0 atom stereocenters. The van der Waals surface area contributed by atoms with Gasteiger partial charge in [0.2, 0.25) is 0 Å². The highest BCUT2D eigenvalue weighted by Gasteiger charge is 2.25. The Morgan fingerprint density at radius 2 is 2.15 bits per heavy atom. The van der Waals surface area contributed by atoms with Gasteiger partial charge >= 0.3 is 0 Å². The summed E-state index contributed by atoms with van der Waals surface area (Å²) in [6.45, 7) is 8.55. The third-order valence-corrected chi connectivity index (χ3v) is 3.05. The van der Waals surface area contributed by atoms with Crippen molar-refractivity contribution in [1.82, 2.24) is 0 Å². The van der Waals surface area contributed by atoms with Crippen molar-refractivity contribution in [3.05, 3.63) is 48.0 Å². The normalized spacial score (nSPS) is 15.6. The number of nitrogens with two attached hydrogens (primary N) is 1. The predicted octanol–water partition coefficient (Wildman–Crippen LogP) is 2.84. The van der Waals surface area contributed by atoms with Crippen LogP contribution >= 0.6 is 0 Å². The molecule has 1 aromatic rings. The van der Waals surface area contributed by atoms with Crippen LogP contribution in [-0.2, 0) is 4.74 Å². The van der Waals surface area contributed by atoms with Crippen molar-refractivity contribution in [2.24, 2.45) is 10.7 Å². The van der Waals surface area contributed by atoms with E-state index in [9.17, 15) is 5.11 Å². The molecule has 5 heteroatoms. The first-order valence-corrected chi connectivity index (χ1v) is 6.45. The van der Waals surface area contributed by atoms with Crippen LogP contribution < -0.4 is 10.6 Å². The highest BCUT2D eigenvalue weighted by Crippen LogP contribution is 2.37. The maximum atomic E-state index is 10.5. The number of hydrogen-bond donors (Lipinski definition) is 2. The quantitative estimate of drug-likeness (QED) is 0.827. The summed E-state index contributed by atoms with van der Waals surface area (Å²) < 4.78 is 5.32. The number of anilines is 1. The van der Waals surface area contributed by atoms with Crippen molar-refractivity contribution in [1.29, 1.82) is 0 Å². The van der Waals surface area contributed by atoms with Crippen molar-refractivity contribution in [2.45, 2.75) is 13.8 Å². The van der Waals surface area contributed by atoms with E-state index in [1.165, 1.54) is 0 Å². The summed E-state index contributed by atoms with van der Waals surface area (Å²) in [7, 11) is 0. The Morgan fingerprint density at radius 1 is 1.45 bits per heavy atom. The molecule has 106 valence electrons. The van der Waals surface area contributed by atoms with Gasteiger partial charge in [-0.3, -0.25) is 4.90 Å².